The number of carboxylic acid groups (broad SMARTS) is 1. The second-order valence-electron chi connectivity index (χ2n) is 33.8. The number of hydrogen-bond acceptors (Lipinski definition) is 23. The summed E-state index contributed by atoms with van der Waals surface area (Å²) >= 11 is 0.667. The molecule has 1 aromatic heterocycles. The SMILES string of the molecule is CCCC[C@@H](C(=O)N1C[C@H](O)C[C@@H]1C(=O)N[C@@H](CC(=O)O)C(=O)N[C@H](C(=O)N(C)C(Cc1ccccc1)C(=O)N[C@@H](CC(N)=O)C1OC1N1CC[C@@H](O)C1)C(C)C)N(C)C(=O)[C@H](Cc1ccccc1)N(C)C(=O)[C@H](Cc1cc(F)c(F)c(F)c1)NC(=O)CSC[C@H](NC(=O)[C@H](CCN)NC(=O)[C@H](Cc1ccc(O)cc1)NC(=O)[C@H](Cc1c[nH]c2ccccc12)NC)C(=O)NCC(N)=O. The van der Waals surface area contributed by atoms with E-state index < -0.39 is 253 Å². The fraction of sp³-hybridized carbons (Fsp3) is 0.484. The summed E-state index contributed by atoms with van der Waals surface area (Å²) in [6.45, 7) is 4.14. The summed E-state index contributed by atoms with van der Waals surface area (Å²) in [4.78, 5) is 223. The van der Waals surface area contributed by atoms with Crippen LogP contribution in [0.25, 0.3) is 10.9 Å². The Kier molecular flexibility index (Phi) is 38.5. The van der Waals surface area contributed by atoms with Crippen LogP contribution < -0.4 is 65.1 Å². The fourth-order valence-electron chi connectivity index (χ4n) is 16.2. The number of aliphatic hydroxyl groups excluding tert-OH is 2. The number of thioether (sulfide) groups is 1. The van der Waals surface area contributed by atoms with E-state index in [1.807, 2.05) is 29.2 Å². The predicted molar refractivity (Wildman–Crippen MR) is 481 cm³/mol. The van der Waals surface area contributed by atoms with Crippen molar-refractivity contribution in [2.75, 3.05) is 72.4 Å². The van der Waals surface area contributed by atoms with E-state index >= 15 is 23.2 Å². The molecule has 0 saturated carbocycles. The number of nitrogens with two attached hydrogens (primary N) is 3. The lowest BCUT2D eigenvalue weighted by molar-refractivity contribution is -0.152. The summed E-state index contributed by atoms with van der Waals surface area (Å²) in [5.74, 6) is -22.1. The smallest absolute Gasteiger partial charge is 0.305 e. The van der Waals surface area contributed by atoms with Gasteiger partial charge in [0, 0.05) is 102 Å². The van der Waals surface area contributed by atoms with Gasteiger partial charge in [0.25, 0.3) is 0 Å². The van der Waals surface area contributed by atoms with Crippen LogP contribution in [0.4, 0.5) is 13.2 Å². The summed E-state index contributed by atoms with van der Waals surface area (Å²) in [5.41, 5.74) is 19.8. The summed E-state index contributed by atoms with van der Waals surface area (Å²) in [6.07, 6.45) is -3.97. The number of aromatic nitrogens is 1. The average Bonchev–Trinajstić information content (AvgIpc) is 1.62. The number of fused-ring (bicyclic) bond motifs is 1. The number of carbonyl (C=O) groups is 15. The van der Waals surface area contributed by atoms with E-state index in [2.05, 4.69) is 52.8 Å². The third-order valence-electron chi connectivity index (χ3n) is 23.6. The van der Waals surface area contributed by atoms with Gasteiger partial charge >= 0.3 is 5.97 Å². The Balaban J connectivity index is 0.913. The van der Waals surface area contributed by atoms with Gasteiger partial charge in [0.05, 0.1) is 43.0 Å². The van der Waals surface area contributed by atoms with Gasteiger partial charge in [-0.2, -0.15) is 0 Å². The normalized spacial score (nSPS) is 18.3. The van der Waals surface area contributed by atoms with Crippen molar-refractivity contribution in [1.82, 2.24) is 77.3 Å². The Morgan fingerprint density at radius 3 is 1.77 bits per heavy atom. The van der Waals surface area contributed by atoms with Crippen molar-refractivity contribution >= 4 is 111 Å². The maximum absolute atomic E-state index is 15.7. The first-order valence-electron chi connectivity index (χ1n) is 43.8. The zero-order chi connectivity index (χ0) is 97.2. The molecule has 38 nitrogen and oxygen atoms in total. The second-order valence-corrected chi connectivity index (χ2v) is 34.9. The number of halogens is 3. The Bertz CT molecular complexity index is 5080. The first-order chi connectivity index (χ1) is 63.3. The highest BCUT2D eigenvalue weighted by atomic mass is 32.2. The number of likely N-dealkylation sites (tertiary alicyclic amines) is 2. The average molecular weight is 1870 g/mol. The number of rotatable bonds is 50. The number of ether oxygens (including phenoxy) is 1. The molecule has 3 aliphatic heterocycles. The van der Waals surface area contributed by atoms with E-state index in [0.717, 1.165) is 43.1 Å². The number of para-hydroxylation sites is 1. The molecule has 16 atom stereocenters. The van der Waals surface area contributed by atoms with Crippen LogP contribution in [-0.4, -0.2) is 308 Å². The zero-order valence-electron chi connectivity index (χ0n) is 74.9. The van der Waals surface area contributed by atoms with Gasteiger partial charge in [-0.15, -0.1) is 11.8 Å². The van der Waals surface area contributed by atoms with E-state index in [0.29, 0.717) is 66.5 Å². The number of phenols is 1. The molecular weight excluding hydrogens is 1750 g/mol. The van der Waals surface area contributed by atoms with Gasteiger partial charge in [0.1, 0.15) is 78.5 Å². The van der Waals surface area contributed by atoms with Gasteiger partial charge in [0.2, 0.25) is 82.7 Å². The summed E-state index contributed by atoms with van der Waals surface area (Å²) in [6, 6.07) is 13.0. The van der Waals surface area contributed by atoms with Gasteiger partial charge < -0.3 is 115 Å². The minimum atomic E-state index is -1.98. The number of aromatic hydroxyl groups is 1. The minimum absolute atomic E-state index is 0.0877. The zero-order valence-corrected chi connectivity index (χ0v) is 75.7. The molecule has 6 aromatic rings. The van der Waals surface area contributed by atoms with Gasteiger partial charge in [-0.25, -0.2) is 13.2 Å². The Morgan fingerprint density at radius 1 is 0.586 bits per heavy atom. The highest BCUT2D eigenvalue weighted by Gasteiger charge is 2.52. The molecule has 720 valence electrons. The topological polar surface area (TPSA) is 568 Å². The van der Waals surface area contributed by atoms with Crippen LogP contribution in [0.5, 0.6) is 5.75 Å². The van der Waals surface area contributed by atoms with Crippen molar-refractivity contribution in [2.24, 2.45) is 23.1 Å². The first-order valence-corrected chi connectivity index (χ1v) is 45.0. The number of unbranched alkanes of at least 4 members (excludes halogenated alkanes) is 1. The van der Waals surface area contributed by atoms with E-state index in [4.69, 9.17) is 21.9 Å². The van der Waals surface area contributed by atoms with Gasteiger partial charge in [-0.1, -0.05) is 125 Å². The van der Waals surface area contributed by atoms with Gasteiger partial charge in [0.15, 0.2) is 17.5 Å². The van der Waals surface area contributed by atoms with Crippen LogP contribution in [-0.2, 0) is 109 Å². The molecule has 0 aliphatic carbocycles. The number of epoxide rings is 1. The Labute approximate surface area is 770 Å². The fourth-order valence-corrected chi connectivity index (χ4v) is 17.1. The number of H-pyrrole nitrogens is 1. The third kappa shape index (κ3) is 29.4. The molecule has 4 heterocycles. The standard InChI is InChI=1S/C91H119F3N18O20S/c1-8-9-24-69(89(130)112-46-57(115)40-71(112)86(127)105-66(42-76(119)120)84(125)107-78(49(2)3)90(131)109(6)70(37-50-18-12-10-13-19-50)85(126)103-63(41-73(96)116)79-91(132-79)111-32-30-56(114)45-111)108(5)88(129)72(38-51-20-14-11-15-21-51)110(7)87(128)67(36-53-33-59(92)77(94)60(93)34-53)101-75(118)48-133-47-68(80(121)100-44-74(97)117)106-81(122)62(29-31-95)102-83(124)65(35-52-25-27-55(113)28-26-52)104-82(123)64(98-4)39-54-43-99-61-23-17-16-22-58(54)61/h10-23,25-28,33-34,43,49,56-57,62-72,78-79,91,98-99,113-115H,8-9,24,29-32,35-42,44-48,95H2,1-7H3,(H2,96,116)(H2,97,117)(H,100,121)(H,101,118)(H,102,124)(H,103,126)(H,104,123)(H,105,127)(H,106,122)(H,107,125)(H,119,120)/t56-,57-,62+,63+,64+,65+,66+,67+,68+,69+,70?,71-,72+,78+,79?,91?/m1/s1. The van der Waals surface area contributed by atoms with Crippen LogP contribution >= 0.6 is 11.8 Å². The number of nitrogens with zero attached hydrogens (tertiary/aromatic N) is 5. The number of hydrogen-bond donors (Lipinski definition) is 17. The molecule has 9 rings (SSSR count). The molecule has 5 aromatic carbocycles. The molecule has 3 aliphatic rings. The molecule has 3 saturated heterocycles. The Hall–Kier alpha value is -12.6. The molecule has 0 spiro atoms. The lowest BCUT2D eigenvalue weighted by Gasteiger charge is -2.38. The number of nitrogens with one attached hydrogen (secondary N) is 10. The quantitative estimate of drug-likeness (QED) is 0.0159. The molecule has 42 heteroatoms. The van der Waals surface area contributed by atoms with Gasteiger partial charge in [-0.3, -0.25) is 76.8 Å². The predicted octanol–water partition coefficient (Wildman–Crippen LogP) is -1.10. The number of amides is 14. The highest BCUT2D eigenvalue weighted by molar-refractivity contribution is 8.00. The monoisotopic (exact) mass is 1870 g/mol. The van der Waals surface area contributed by atoms with Crippen molar-refractivity contribution in [2.45, 2.75) is 201 Å². The van der Waals surface area contributed by atoms with Crippen LogP contribution in [0, 0.1) is 23.4 Å². The molecule has 133 heavy (non-hydrogen) atoms. The summed E-state index contributed by atoms with van der Waals surface area (Å²) in [7, 11) is 5.27. The number of aromatic amines is 1. The lowest BCUT2D eigenvalue weighted by atomic mass is 9.98. The van der Waals surface area contributed by atoms with Crippen molar-refractivity contribution in [3.8, 4) is 5.75 Å². The number of carboxylic acids is 1. The number of aliphatic hydroxyl groups is 2. The number of primary amides is 2. The maximum Gasteiger partial charge on any atom is 0.305 e. The first kappa shape index (κ1) is 104. The van der Waals surface area contributed by atoms with E-state index in [1.54, 1.807) is 94.7 Å². The number of benzene rings is 5. The number of carbonyl (C=O) groups excluding carboxylic acids is 14. The van der Waals surface area contributed by atoms with Gasteiger partial charge in [-0.05, 0) is 103 Å². The van der Waals surface area contributed by atoms with E-state index in [1.165, 1.54) is 38.4 Å². The van der Waals surface area contributed by atoms with Crippen molar-refractivity contribution in [3.05, 3.63) is 173 Å². The maximum atomic E-state index is 15.7. The largest absolute Gasteiger partial charge is 0.508 e. The molecule has 0 bridgehead atoms. The summed E-state index contributed by atoms with van der Waals surface area (Å²) in [5, 5.41) is 66.3. The number of β-amino-alcohol motifs (C(OH)–C–C–N with tert-alkyl or cyclic N) is 2. The van der Waals surface area contributed by atoms with Crippen LogP contribution in [0.2, 0.25) is 0 Å². The number of aliphatic carboxylic acids is 1. The molecule has 14 amide bonds. The molecule has 3 fully saturated rings. The number of likely N-dealkylation sites (N-methyl/N-ethyl adjacent to an activating group) is 4. The minimum Gasteiger partial charge on any atom is -0.508 e. The third-order valence-corrected chi connectivity index (χ3v) is 24.6. The van der Waals surface area contributed by atoms with Crippen LogP contribution in [0.15, 0.2) is 128 Å². The molecule has 3 unspecified atom stereocenters. The molecular formula is C91H119F3N18O20S. The Morgan fingerprint density at radius 2 is 1.17 bits per heavy atom. The van der Waals surface area contributed by atoms with E-state index in [-0.39, 0.29) is 69.2 Å². The van der Waals surface area contributed by atoms with Crippen molar-refractivity contribution in [3.63, 3.8) is 0 Å². The van der Waals surface area contributed by atoms with Crippen LogP contribution in [0.3, 0.4) is 0 Å². The second kappa shape index (κ2) is 49.2. The molecule has 0 radical (unpaired) electrons. The van der Waals surface area contributed by atoms with E-state index in [9.17, 15) is 82.4 Å². The van der Waals surface area contributed by atoms with Crippen molar-refractivity contribution < 1.29 is 110 Å². The highest BCUT2D eigenvalue weighted by Crippen LogP contribution is 2.34. The lowest BCUT2D eigenvalue weighted by Crippen LogP contribution is -2.61. The molecule has 20 N–H and O–H groups in total. The van der Waals surface area contributed by atoms with Crippen LogP contribution in [0.1, 0.15) is 100.0 Å². The van der Waals surface area contributed by atoms with Crippen molar-refractivity contribution in [1.29, 1.82) is 0 Å². The summed E-state index contributed by atoms with van der Waals surface area (Å²) < 4.78 is 50.9. The number of phenolic OH excluding ortho intramolecular Hbond substituents is 1.